The maximum atomic E-state index is 2.49. The highest BCUT2D eigenvalue weighted by Gasteiger charge is 2.14. The molecule has 0 amide bonds. The van der Waals surface area contributed by atoms with Crippen LogP contribution in [0.5, 0.6) is 0 Å². The Kier molecular flexibility index (Phi) is 3.30. The SMILES string of the molecule is c1ccc(Cn2c3cc4ccccc4cc3c3ccc4ccccc4c32)cc1. The molecule has 0 fully saturated rings. The molecule has 5 aromatic carbocycles. The summed E-state index contributed by atoms with van der Waals surface area (Å²) in [5, 5.41) is 7.84. The van der Waals surface area contributed by atoms with E-state index in [1.165, 1.54) is 48.9 Å². The number of hydrogen-bond donors (Lipinski definition) is 0. The highest BCUT2D eigenvalue weighted by atomic mass is 15.0. The molecular weight excluding hydrogens is 338 g/mol. The first kappa shape index (κ1) is 15.5. The molecule has 0 saturated carbocycles. The lowest BCUT2D eigenvalue weighted by atomic mass is 10.0. The first-order chi connectivity index (χ1) is 13.9. The van der Waals surface area contributed by atoms with Crippen molar-refractivity contribution in [2.45, 2.75) is 6.54 Å². The van der Waals surface area contributed by atoms with Gasteiger partial charge in [0.15, 0.2) is 0 Å². The quantitative estimate of drug-likeness (QED) is 0.310. The average molecular weight is 357 g/mol. The van der Waals surface area contributed by atoms with Crippen LogP contribution in [-0.4, -0.2) is 4.57 Å². The van der Waals surface area contributed by atoms with Crippen LogP contribution in [0, 0.1) is 0 Å². The first-order valence-corrected chi connectivity index (χ1v) is 9.75. The van der Waals surface area contributed by atoms with Crippen LogP contribution in [0.2, 0.25) is 0 Å². The van der Waals surface area contributed by atoms with E-state index in [4.69, 9.17) is 0 Å². The molecule has 28 heavy (non-hydrogen) atoms. The third-order valence-electron chi connectivity index (χ3n) is 5.80. The molecule has 6 rings (SSSR count). The third kappa shape index (κ3) is 2.26. The molecular formula is C27H19N. The van der Waals surface area contributed by atoms with E-state index in [9.17, 15) is 0 Å². The first-order valence-electron chi connectivity index (χ1n) is 9.75. The Balaban J connectivity index is 1.80. The lowest BCUT2D eigenvalue weighted by molar-refractivity contribution is 0.872. The standard InChI is InChI=1S/C27H19N/c1-2-8-19(9-3-1)18-28-26-17-22-12-5-4-11-21(22)16-25(26)24-15-14-20-10-6-7-13-23(20)27(24)28/h1-17H,18H2. The lowest BCUT2D eigenvalue weighted by Crippen LogP contribution is -1.99. The summed E-state index contributed by atoms with van der Waals surface area (Å²) in [6.07, 6.45) is 0. The predicted octanol–water partition coefficient (Wildman–Crippen LogP) is 7.15. The normalized spacial score (nSPS) is 11.7. The van der Waals surface area contributed by atoms with Crippen molar-refractivity contribution in [3.8, 4) is 0 Å². The van der Waals surface area contributed by atoms with Gasteiger partial charge in [0.25, 0.3) is 0 Å². The number of benzene rings is 5. The van der Waals surface area contributed by atoms with Crippen molar-refractivity contribution in [1.82, 2.24) is 4.57 Å². The molecule has 0 unspecified atom stereocenters. The molecule has 0 saturated heterocycles. The molecule has 0 spiro atoms. The summed E-state index contributed by atoms with van der Waals surface area (Å²) < 4.78 is 2.49. The van der Waals surface area contributed by atoms with Gasteiger partial charge in [-0.3, -0.25) is 0 Å². The molecule has 0 aliphatic heterocycles. The second-order valence-corrected chi connectivity index (χ2v) is 7.47. The Morgan fingerprint density at radius 1 is 0.500 bits per heavy atom. The van der Waals surface area contributed by atoms with Gasteiger partial charge in [-0.2, -0.15) is 0 Å². The highest BCUT2D eigenvalue weighted by molar-refractivity contribution is 6.19. The van der Waals surface area contributed by atoms with Crippen molar-refractivity contribution in [1.29, 1.82) is 0 Å². The number of hydrogen-bond acceptors (Lipinski definition) is 0. The van der Waals surface area contributed by atoms with E-state index in [1.54, 1.807) is 0 Å². The van der Waals surface area contributed by atoms with Crippen LogP contribution >= 0.6 is 0 Å². The summed E-state index contributed by atoms with van der Waals surface area (Å²) in [5.41, 5.74) is 3.95. The molecule has 1 heterocycles. The summed E-state index contributed by atoms with van der Waals surface area (Å²) in [4.78, 5) is 0. The number of fused-ring (bicyclic) bond motifs is 6. The zero-order chi connectivity index (χ0) is 18.5. The minimum atomic E-state index is 0.868. The van der Waals surface area contributed by atoms with Crippen LogP contribution in [0.1, 0.15) is 5.56 Å². The van der Waals surface area contributed by atoms with Crippen molar-refractivity contribution in [3.05, 3.63) is 109 Å². The van der Waals surface area contributed by atoms with Crippen molar-refractivity contribution >= 4 is 43.4 Å². The Hall–Kier alpha value is -3.58. The van der Waals surface area contributed by atoms with E-state index >= 15 is 0 Å². The van der Waals surface area contributed by atoms with Gasteiger partial charge in [0, 0.05) is 22.7 Å². The van der Waals surface area contributed by atoms with Gasteiger partial charge in [-0.25, -0.2) is 0 Å². The summed E-state index contributed by atoms with van der Waals surface area (Å²) in [7, 11) is 0. The molecule has 132 valence electrons. The Bertz CT molecular complexity index is 1470. The van der Waals surface area contributed by atoms with Crippen molar-refractivity contribution < 1.29 is 0 Å². The predicted molar refractivity (Wildman–Crippen MR) is 120 cm³/mol. The minimum absolute atomic E-state index is 0.868. The molecule has 1 heteroatoms. The Morgan fingerprint density at radius 3 is 2.00 bits per heavy atom. The van der Waals surface area contributed by atoms with Gasteiger partial charge in [-0.05, 0) is 33.9 Å². The van der Waals surface area contributed by atoms with Crippen LogP contribution in [0.4, 0.5) is 0 Å². The topological polar surface area (TPSA) is 4.93 Å². The Morgan fingerprint density at radius 2 is 1.18 bits per heavy atom. The summed E-state index contributed by atoms with van der Waals surface area (Å²) in [5.74, 6) is 0. The van der Waals surface area contributed by atoms with Gasteiger partial charge in [0.1, 0.15) is 0 Å². The van der Waals surface area contributed by atoms with Gasteiger partial charge >= 0.3 is 0 Å². The van der Waals surface area contributed by atoms with Crippen LogP contribution < -0.4 is 0 Å². The minimum Gasteiger partial charge on any atom is -0.335 e. The third-order valence-corrected chi connectivity index (χ3v) is 5.80. The van der Waals surface area contributed by atoms with E-state index in [-0.39, 0.29) is 0 Å². The van der Waals surface area contributed by atoms with Crippen LogP contribution in [0.3, 0.4) is 0 Å². The lowest BCUT2D eigenvalue weighted by Gasteiger charge is -2.10. The van der Waals surface area contributed by atoms with Crippen LogP contribution in [-0.2, 0) is 6.54 Å². The number of rotatable bonds is 2. The van der Waals surface area contributed by atoms with E-state index in [0.29, 0.717) is 0 Å². The van der Waals surface area contributed by atoms with Crippen molar-refractivity contribution in [2.75, 3.05) is 0 Å². The zero-order valence-electron chi connectivity index (χ0n) is 15.5. The molecule has 1 aromatic heterocycles. The van der Waals surface area contributed by atoms with Gasteiger partial charge in [0.05, 0.1) is 11.0 Å². The summed E-state index contributed by atoms with van der Waals surface area (Å²) in [6, 6.07) is 37.3. The fourth-order valence-electron chi connectivity index (χ4n) is 4.48. The molecule has 0 radical (unpaired) electrons. The van der Waals surface area contributed by atoms with Gasteiger partial charge in [-0.15, -0.1) is 0 Å². The summed E-state index contributed by atoms with van der Waals surface area (Å²) >= 11 is 0. The monoisotopic (exact) mass is 357 g/mol. The van der Waals surface area contributed by atoms with Gasteiger partial charge in [-0.1, -0.05) is 91.0 Å². The fourth-order valence-corrected chi connectivity index (χ4v) is 4.48. The number of nitrogens with zero attached hydrogens (tertiary/aromatic N) is 1. The van der Waals surface area contributed by atoms with Crippen molar-refractivity contribution in [2.24, 2.45) is 0 Å². The largest absolute Gasteiger partial charge is 0.335 e. The maximum Gasteiger partial charge on any atom is 0.0574 e. The van der Waals surface area contributed by atoms with Gasteiger partial charge < -0.3 is 4.57 Å². The van der Waals surface area contributed by atoms with Gasteiger partial charge in [0.2, 0.25) is 0 Å². The zero-order valence-corrected chi connectivity index (χ0v) is 15.5. The van der Waals surface area contributed by atoms with E-state index in [1.807, 2.05) is 0 Å². The molecule has 0 bridgehead atoms. The fraction of sp³-hybridized carbons (Fsp3) is 0.0370. The second-order valence-electron chi connectivity index (χ2n) is 7.47. The smallest absolute Gasteiger partial charge is 0.0574 e. The van der Waals surface area contributed by atoms with E-state index < -0.39 is 0 Å². The van der Waals surface area contributed by atoms with E-state index in [2.05, 4.69) is 108 Å². The highest BCUT2D eigenvalue weighted by Crippen LogP contribution is 2.36. The molecule has 1 nitrogen and oxygen atoms in total. The maximum absolute atomic E-state index is 2.49. The molecule has 0 aliphatic rings. The van der Waals surface area contributed by atoms with Crippen LogP contribution in [0.15, 0.2) is 103 Å². The van der Waals surface area contributed by atoms with E-state index in [0.717, 1.165) is 6.54 Å². The van der Waals surface area contributed by atoms with Crippen molar-refractivity contribution in [3.63, 3.8) is 0 Å². The average Bonchev–Trinajstić information content (AvgIpc) is 3.06. The molecule has 0 N–H and O–H groups in total. The molecule has 0 atom stereocenters. The number of aromatic nitrogens is 1. The van der Waals surface area contributed by atoms with Crippen LogP contribution in [0.25, 0.3) is 43.4 Å². The Labute approximate surface area is 163 Å². The second kappa shape index (κ2) is 5.97. The summed E-state index contributed by atoms with van der Waals surface area (Å²) in [6.45, 7) is 0.868. The molecule has 6 aromatic rings. The molecule has 0 aliphatic carbocycles.